The standard InChI is InChI=1S/C12H19NO/c1-10-4-6-11(7-5-10)8-12(2,14)9-13-3/h4-7,13-14H,8-9H2,1-3H3. The van der Waals surface area contributed by atoms with Gasteiger partial charge in [-0.05, 0) is 26.5 Å². The molecular formula is C12H19NO. The summed E-state index contributed by atoms with van der Waals surface area (Å²) >= 11 is 0. The van der Waals surface area contributed by atoms with Gasteiger partial charge in [-0.3, -0.25) is 0 Å². The van der Waals surface area contributed by atoms with Crippen LogP contribution in [-0.4, -0.2) is 24.3 Å². The third-order valence-corrected chi connectivity index (χ3v) is 2.26. The molecular weight excluding hydrogens is 174 g/mol. The van der Waals surface area contributed by atoms with Gasteiger partial charge >= 0.3 is 0 Å². The van der Waals surface area contributed by atoms with E-state index in [9.17, 15) is 5.11 Å². The van der Waals surface area contributed by atoms with Gasteiger partial charge in [-0.1, -0.05) is 29.8 Å². The van der Waals surface area contributed by atoms with Crippen LogP contribution in [0.5, 0.6) is 0 Å². The first-order chi connectivity index (χ1) is 6.53. The van der Waals surface area contributed by atoms with Gasteiger partial charge in [0.1, 0.15) is 0 Å². The largest absolute Gasteiger partial charge is 0.389 e. The van der Waals surface area contributed by atoms with Crippen LogP contribution in [0.25, 0.3) is 0 Å². The minimum absolute atomic E-state index is 0.612. The lowest BCUT2D eigenvalue weighted by Gasteiger charge is -2.22. The maximum Gasteiger partial charge on any atom is 0.0783 e. The third-order valence-electron chi connectivity index (χ3n) is 2.26. The van der Waals surface area contributed by atoms with Gasteiger partial charge in [0.25, 0.3) is 0 Å². The molecule has 2 N–H and O–H groups in total. The summed E-state index contributed by atoms with van der Waals surface area (Å²) in [4.78, 5) is 0. The molecule has 0 bridgehead atoms. The molecule has 0 aliphatic rings. The van der Waals surface area contributed by atoms with Crippen molar-refractivity contribution in [2.24, 2.45) is 0 Å². The second kappa shape index (κ2) is 4.58. The van der Waals surface area contributed by atoms with Crippen molar-refractivity contribution in [3.05, 3.63) is 35.4 Å². The second-order valence-corrected chi connectivity index (χ2v) is 4.19. The minimum Gasteiger partial charge on any atom is -0.389 e. The molecule has 1 unspecified atom stereocenters. The van der Waals surface area contributed by atoms with E-state index in [0.29, 0.717) is 13.0 Å². The van der Waals surface area contributed by atoms with Crippen molar-refractivity contribution >= 4 is 0 Å². The Morgan fingerprint density at radius 3 is 2.36 bits per heavy atom. The van der Waals surface area contributed by atoms with Crippen LogP contribution >= 0.6 is 0 Å². The Balaban J connectivity index is 2.64. The summed E-state index contributed by atoms with van der Waals surface area (Å²) in [5.41, 5.74) is 1.77. The molecule has 2 heteroatoms. The molecule has 0 amide bonds. The van der Waals surface area contributed by atoms with Crippen LogP contribution in [0.1, 0.15) is 18.1 Å². The zero-order chi connectivity index (χ0) is 10.6. The molecule has 0 aliphatic heterocycles. The van der Waals surface area contributed by atoms with Gasteiger partial charge in [0.15, 0.2) is 0 Å². The highest BCUT2D eigenvalue weighted by Gasteiger charge is 2.19. The molecule has 1 aromatic carbocycles. The van der Waals surface area contributed by atoms with Crippen LogP contribution in [0, 0.1) is 6.92 Å². The Bertz CT molecular complexity index is 277. The fraction of sp³-hybridized carbons (Fsp3) is 0.500. The molecule has 2 nitrogen and oxygen atoms in total. The number of benzene rings is 1. The molecule has 0 heterocycles. The lowest BCUT2D eigenvalue weighted by atomic mass is 9.96. The van der Waals surface area contributed by atoms with E-state index >= 15 is 0 Å². The van der Waals surface area contributed by atoms with Crippen molar-refractivity contribution in [3.8, 4) is 0 Å². The summed E-state index contributed by atoms with van der Waals surface area (Å²) in [6.45, 7) is 4.53. The van der Waals surface area contributed by atoms with Crippen LogP contribution in [0.3, 0.4) is 0 Å². The fourth-order valence-corrected chi connectivity index (χ4v) is 1.59. The second-order valence-electron chi connectivity index (χ2n) is 4.19. The van der Waals surface area contributed by atoms with E-state index in [1.807, 2.05) is 14.0 Å². The molecule has 0 saturated carbocycles. The topological polar surface area (TPSA) is 32.3 Å². The number of aryl methyl sites for hydroxylation is 1. The molecule has 0 aliphatic carbocycles. The maximum absolute atomic E-state index is 9.97. The highest BCUT2D eigenvalue weighted by atomic mass is 16.3. The lowest BCUT2D eigenvalue weighted by Crippen LogP contribution is -2.38. The first kappa shape index (κ1) is 11.2. The van der Waals surface area contributed by atoms with Gasteiger partial charge in [0.05, 0.1) is 5.60 Å². The Hall–Kier alpha value is -0.860. The lowest BCUT2D eigenvalue weighted by molar-refractivity contribution is 0.0622. The highest BCUT2D eigenvalue weighted by Crippen LogP contribution is 2.12. The number of nitrogens with one attached hydrogen (secondary N) is 1. The van der Waals surface area contributed by atoms with Crippen LogP contribution in [0.4, 0.5) is 0 Å². The van der Waals surface area contributed by atoms with Gasteiger partial charge in [-0.2, -0.15) is 0 Å². The van der Waals surface area contributed by atoms with Crippen molar-refractivity contribution in [3.63, 3.8) is 0 Å². The van der Waals surface area contributed by atoms with Gasteiger partial charge in [-0.15, -0.1) is 0 Å². The van der Waals surface area contributed by atoms with Gasteiger partial charge < -0.3 is 10.4 Å². The fourth-order valence-electron chi connectivity index (χ4n) is 1.59. The molecule has 0 fully saturated rings. The van der Waals surface area contributed by atoms with E-state index in [1.54, 1.807) is 0 Å². The summed E-state index contributed by atoms with van der Waals surface area (Å²) in [5.74, 6) is 0. The smallest absolute Gasteiger partial charge is 0.0783 e. The van der Waals surface area contributed by atoms with Crippen molar-refractivity contribution in [1.82, 2.24) is 5.32 Å². The van der Waals surface area contributed by atoms with E-state index < -0.39 is 5.60 Å². The minimum atomic E-state index is -0.663. The molecule has 0 spiro atoms. The van der Waals surface area contributed by atoms with E-state index in [-0.39, 0.29) is 0 Å². The first-order valence-electron chi connectivity index (χ1n) is 4.96. The Kier molecular flexibility index (Phi) is 3.67. The zero-order valence-electron chi connectivity index (χ0n) is 9.17. The quantitative estimate of drug-likeness (QED) is 0.759. The third kappa shape index (κ3) is 3.48. The highest BCUT2D eigenvalue weighted by molar-refractivity contribution is 5.22. The van der Waals surface area contributed by atoms with Gasteiger partial charge in [-0.25, -0.2) is 0 Å². The van der Waals surface area contributed by atoms with Crippen molar-refractivity contribution in [2.45, 2.75) is 25.9 Å². The first-order valence-corrected chi connectivity index (χ1v) is 4.96. The predicted molar refractivity (Wildman–Crippen MR) is 59.4 cm³/mol. The van der Waals surface area contributed by atoms with E-state index in [2.05, 4.69) is 36.5 Å². The number of rotatable bonds is 4. The molecule has 1 rings (SSSR count). The number of aliphatic hydroxyl groups is 1. The maximum atomic E-state index is 9.97. The van der Waals surface area contributed by atoms with Crippen molar-refractivity contribution in [2.75, 3.05) is 13.6 Å². The predicted octanol–water partition coefficient (Wildman–Crippen LogP) is 1.51. The summed E-state index contributed by atoms with van der Waals surface area (Å²) in [6, 6.07) is 8.29. The monoisotopic (exact) mass is 193 g/mol. The summed E-state index contributed by atoms with van der Waals surface area (Å²) in [6.07, 6.45) is 0.689. The molecule has 14 heavy (non-hydrogen) atoms. The van der Waals surface area contributed by atoms with Gasteiger partial charge in [0.2, 0.25) is 0 Å². The average molecular weight is 193 g/mol. The number of hydrogen-bond donors (Lipinski definition) is 2. The summed E-state index contributed by atoms with van der Waals surface area (Å²) < 4.78 is 0. The Morgan fingerprint density at radius 2 is 1.86 bits per heavy atom. The number of hydrogen-bond acceptors (Lipinski definition) is 2. The average Bonchev–Trinajstić information content (AvgIpc) is 2.08. The molecule has 0 radical (unpaired) electrons. The van der Waals surface area contributed by atoms with E-state index in [1.165, 1.54) is 11.1 Å². The van der Waals surface area contributed by atoms with Crippen LogP contribution < -0.4 is 5.32 Å². The molecule has 0 aromatic heterocycles. The van der Waals surface area contributed by atoms with Crippen molar-refractivity contribution < 1.29 is 5.11 Å². The number of likely N-dealkylation sites (N-methyl/N-ethyl adjacent to an activating group) is 1. The van der Waals surface area contributed by atoms with Crippen LogP contribution in [-0.2, 0) is 6.42 Å². The SMILES string of the molecule is CNCC(C)(O)Cc1ccc(C)cc1. The molecule has 1 atom stereocenters. The summed E-state index contributed by atoms with van der Waals surface area (Å²) in [7, 11) is 1.85. The van der Waals surface area contributed by atoms with Gasteiger partial charge in [0, 0.05) is 13.0 Å². The molecule has 1 aromatic rings. The van der Waals surface area contributed by atoms with Crippen LogP contribution in [0.15, 0.2) is 24.3 Å². The van der Waals surface area contributed by atoms with Crippen molar-refractivity contribution in [1.29, 1.82) is 0 Å². The zero-order valence-corrected chi connectivity index (χ0v) is 9.17. The van der Waals surface area contributed by atoms with E-state index in [0.717, 1.165) is 0 Å². The van der Waals surface area contributed by atoms with Crippen LogP contribution in [0.2, 0.25) is 0 Å². The molecule has 0 saturated heterocycles. The Morgan fingerprint density at radius 1 is 1.29 bits per heavy atom. The Labute approximate surface area is 86.0 Å². The molecule has 78 valence electrons. The normalized spacial score (nSPS) is 15.1. The van der Waals surface area contributed by atoms with E-state index in [4.69, 9.17) is 0 Å². The summed E-state index contributed by atoms with van der Waals surface area (Å²) in [5, 5.41) is 13.0.